The van der Waals surface area contributed by atoms with Crippen molar-refractivity contribution in [1.29, 1.82) is 0 Å². The molecule has 0 spiro atoms. The van der Waals surface area contributed by atoms with E-state index < -0.39 is 17.1 Å². The number of aromatic nitrogens is 3. The van der Waals surface area contributed by atoms with Gasteiger partial charge in [-0.2, -0.15) is 10.2 Å². The first-order chi connectivity index (χ1) is 13.0. The van der Waals surface area contributed by atoms with E-state index in [-0.39, 0.29) is 23.7 Å². The molecule has 1 aliphatic heterocycles. The van der Waals surface area contributed by atoms with Crippen LogP contribution in [-0.4, -0.2) is 37.2 Å². The Morgan fingerprint density at radius 2 is 1.96 bits per heavy atom. The van der Waals surface area contributed by atoms with E-state index in [2.05, 4.69) is 10.2 Å². The lowest BCUT2D eigenvalue weighted by Crippen LogP contribution is -2.41. The summed E-state index contributed by atoms with van der Waals surface area (Å²) in [5.74, 6) is -0.972. The molecule has 0 aliphatic carbocycles. The van der Waals surface area contributed by atoms with Crippen molar-refractivity contribution in [1.82, 2.24) is 19.7 Å². The quantitative estimate of drug-likeness (QED) is 0.706. The van der Waals surface area contributed by atoms with E-state index in [1.807, 2.05) is 12.1 Å². The summed E-state index contributed by atoms with van der Waals surface area (Å²) in [6.07, 6.45) is 3.05. The standard InChI is InChI=1S/C19H15ClN4O3.ClH/c20-13-4-1-3-12(9-13)10-24-8-7-23-11-14(15-5-2-6-21-22-15)17(25)18(26)16(23)19(24)27;/h1-6,9,11,26H,7-8,10H2;1H. The molecule has 7 nitrogen and oxygen atoms in total. The molecule has 1 aliphatic rings. The van der Waals surface area contributed by atoms with Crippen LogP contribution in [0.3, 0.4) is 0 Å². The Kier molecular flexibility index (Phi) is 5.67. The third-order valence-electron chi connectivity index (χ3n) is 4.47. The van der Waals surface area contributed by atoms with Crippen molar-refractivity contribution < 1.29 is 9.90 Å². The first-order valence-corrected chi connectivity index (χ1v) is 8.70. The van der Waals surface area contributed by atoms with Gasteiger partial charge in [-0.05, 0) is 29.8 Å². The second-order valence-corrected chi connectivity index (χ2v) is 6.66. The zero-order valence-corrected chi connectivity index (χ0v) is 16.2. The minimum absolute atomic E-state index is 0. The molecule has 3 aromatic rings. The number of pyridine rings is 1. The molecule has 0 saturated carbocycles. The van der Waals surface area contributed by atoms with Crippen LogP contribution in [0.15, 0.2) is 53.6 Å². The number of benzene rings is 1. The first-order valence-electron chi connectivity index (χ1n) is 8.33. The van der Waals surface area contributed by atoms with Crippen LogP contribution >= 0.6 is 24.0 Å². The van der Waals surface area contributed by atoms with Gasteiger partial charge >= 0.3 is 0 Å². The third kappa shape index (κ3) is 3.58. The molecule has 9 heteroatoms. The van der Waals surface area contributed by atoms with Gasteiger partial charge in [0.15, 0.2) is 11.4 Å². The number of carbonyl (C=O) groups is 1. The molecule has 0 bridgehead atoms. The van der Waals surface area contributed by atoms with Gasteiger partial charge in [-0.15, -0.1) is 12.4 Å². The Bertz CT molecular complexity index is 1090. The normalized spacial score (nSPS) is 13.0. The van der Waals surface area contributed by atoms with Crippen molar-refractivity contribution in [3.8, 4) is 17.0 Å². The van der Waals surface area contributed by atoms with Gasteiger partial charge in [-0.3, -0.25) is 9.59 Å². The highest BCUT2D eigenvalue weighted by molar-refractivity contribution is 6.30. The van der Waals surface area contributed by atoms with Crippen molar-refractivity contribution in [2.75, 3.05) is 6.54 Å². The number of hydrogen-bond donors (Lipinski definition) is 1. The van der Waals surface area contributed by atoms with E-state index in [0.717, 1.165) is 5.56 Å². The van der Waals surface area contributed by atoms with Gasteiger partial charge in [0, 0.05) is 37.1 Å². The maximum Gasteiger partial charge on any atom is 0.274 e. The van der Waals surface area contributed by atoms with Crippen LogP contribution in [0, 0.1) is 0 Å². The van der Waals surface area contributed by atoms with E-state index in [1.165, 1.54) is 6.20 Å². The molecule has 144 valence electrons. The summed E-state index contributed by atoms with van der Waals surface area (Å²) in [6.45, 7) is 1.24. The minimum Gasteiger partial charge on any atom is -0.503 e. The van der Waals surface area contributed by atoms with Crippen molar-refractivity contribution in [2.45, 2.75) is 13.1 Å². The SMILES string of the molecule is Cl.O=C1c2c(O)c(=O)c(-c3cccnn3)cn2CCN1Cc1cccc(Cl)c1. The highest BCUT2D eigenvalue weighted by Gasteiger charge is 2.30. The Balaban J connectivity index is 0.00000225. The van der Waals surface area contributed by atoms with Crippen molar-refractivity contribution in [2.24, 2.45) is 0 Å². The lowest BCUT2D eigenvalue weighted by molar-refractivity contribution is 0.0683. The number of hydrogen-bond acceptors (Lipinski definition) is 5. The van der Waals surface area contributed by atoms with Gasteiger partial charge < -0.3 is 14.6 Å². The molecular weight excluding hydrogens is 403 g/mol. The summed E-state index contributed by atoms with van der Waals surface area (Å²) in [5.41, 5.74) is 0.783. The zero-order chi connectivity index (χ0) is 19.0. The smallest absolute Gasteiger partial charge is 0.274 e. The predicted octanol–water partition coefficient (Wildman–Crippen LogP) is 2.74. The second-order valence-electron chi connectivity index (χ2n) is 6.23. The molecule has 28 heavy (non-hydrogen) atoms. The summed E-state index contributed by atoms with van der Waals surface area (Å²) >= 11 is 6.00. The van der Waals surface area contributed by atoms with Crippen molar-refractivity contribution >= 4 is 29.9 Å². The molecule has 0 atom stereocenters. The monoisotopic (exact) mass is 418 g/mol. The van der Waals surface area contributed by atoms with E-state index in [4.69, 9.17) is 11.6 Å². The third-order valence-corrected chi connectivity index (χ3v) is 4.70. The topological polar surface area (TPSA) is 88.3 Å². The second kappa shape index (κ2) is 8.00. The maximum atomic E-state index is 12.9. The van der Waals surface area contributed by atoms with Gasteiger partial charge in [-0.25, -0.2) is 0 Å². The molecule has 3 heterocycles. The summed E-state index contributed by atoms with van der Waals surface area (Å²) in [4.78, 5) is 27.0. The van der Waals surface area contributed by atoms with Gasteiger partial charge in [0.25, 0.3) is 5.91 Å². The summed E-state index contributed by atoms with van der Waals surface area (Å²) in [5, 5.41) is 18.7. The van der Waals surface area contributed by atoms with Crippen LogP contribution in [0.1, 0.15) is 16.1 Å². The van der Waals surface area contributed by atoms with Gasteiger partial charge in [-0.1, -0.05) is 23.7 Å². The van der Waals surface area contributed by atoms with Crippen LogP contribution in [0.4, 0.5) is 0 Å². The Labute approximate surface area is 171 Å². The average molecular weight is 419 g/mol. The number of aromatic hydroxyl groups is 1. The summed E-state index contributed by atoms with van der Waals surface area (Å²) in [7, 11) is 0. The largest absolute Gasteiger partial charge is 0.503 e. The van der Waals surface area contributed by atoms with Gasteiger partial charge in [0.05, 0.1) is 11.3 Å². The average Bonchev–Trinajstić information content (AvgIpc) is 2.67. The molecule has 0 fully saturated rings. The van der Waals surface area contributed by atoms with Crippen LogP contribution in [0.25, 0.3) is 11.3 Å². The number of carbonyl (C=O) groups excluding carboxylic acids is 1. The molecule has 0 radical (unpaired) electrons. The molecule has 0 unspecified atom stereocenters. The van der Waals surface area contributed by atoms with Gasteiger partial charge in [0.1, 0.15) is 0 Å². The summed E-state index contributed by atoms with van der Waals surface area (Å²) in [6, 6.07) is 10.5. The van der Waals surface area contributed by atoms with E-state index in [9.17, 15) is 14.7 Å². The van der Waals surface area contributed by atoms with Crippen molar-refractivity contribution in [3.63, 3.8) is 0 Å². The molecule has 1 aromatic carbocycles. The van der Waals surface area contributed by atoms with Crippen LogP contribution in [0.2, 0.25) is 5.02 Å². The number of halogens is 2. The lowest BCUT2D eigenvalue weighted by Gasteiger charge is -2.30. The number of fused-ring (bicyclic) bond motifs is 1. The fourth-order valence-electron chi connectivity index (χ4n) is 3.16. The fraction of sp³-hybridized carbons (Fsp3) is 0.158. The molecular formula is C19H16Cl2N4O3. The maximum absolute atomic E-state index is 12.9. The molecule has 2 aromatic heterocycles. The molecule has 1 N–H and O–H groups in total. The Morgan fingerprint density at radius 3 is 2.68 bits per heavy atom. The van der Waals surface area contributed by atoms with Crippen LogP contribution in [-0.2, 0) is 13.1 Å². The van der Waals surface area contributed by atoms with E-state index in [1.54, 1.807) is 39.9 Å². The number of rotatable bonds is 3. The van der Waals surface area contributed by atoms with E-state index >= 15 is 0 Å². The van der Waals surface area contributed by atoms with Crippen LogP contribution < -0.4 is 5.43 Å². The van der Waals surface area contributed by atoms with Crippen molar-refractivity contribution in [3.05, 3.63) is 75.3 Å². The molecule has 1 amide bonds. The lowest BCUT2D eigenvalue weighted by atomic mass is 10.1. The highest BCUT2D eigenvalue weighted by atomic mass is 35.5. The zero-order valence-electron chi connectivity index (χ0n) is 14.6. The summed E-state index contributed by atoms with van der Waals surface area (Å²) < 4.78 is 1.59. The predicted molar refractivity (Wildman–Crippen MR) is 107 cm³/mol. The number of amides is 1. The van der Waals surface area contributed by atoms with Crippen LogP contribution in [0.5, 0.6) is 5.75 Å². The Hall–Kier alpha value is -2.90. The number of nitrogens with zero attached hydrogens (tertiary/aromatic N) is 4. The first kappa shape index (κ1) is 19.9. The fourth-order valence-corrected chi connectivity index (χ4v) is 3.38. The van der Waals surface area contributed by atoms with Gasteiger partial charge in [0.2, 0.25) is 5.43 Å². The molecule has 4 rings (SSSR count). The molecule has 0 saturated heterocycles. The minimum atomic E-state index is -0.639. The Morgan fingerprint density at radius 1 is 1.14 bits per heavy atom. The van der Waals surface area contributed by atoms with E-state index in [0.29, 0.717) is 30.4 Å². The highest BCUT2D eigenvalue weighted by Crippen LogP contribution is 2.25.